The number of benzene rings is 10. The molecule has 282 valence electrons. The Kier molecular flexibility index (Phi) is 7.44. The largest absolute Gasteiger partial charge is 0.247 e. The molecule has 61 heavy (non-hydrogen) atoms. The second-order valence-corrected chi connectivity index (χ2v) is 16.8. The minimum absolute atomic E-state index is 0.635. The molecule has 0 saturated heterocycles. The summed E-state index contributed by atoms with van der Waals surface area (Å²) in [4.78, 5) is 20.8. The highest BCUT2D eigenvalue weighted by Crippen LogP contribution is 2.45. The molecule has 0 aliphatic rings. The molecule has 0 N–H and O–H groups in total. The van der Waals surface area contributed by atoms with Gasteiger partial charge in [0.1, 0.15) is 0 Å². The van der Waals surface area contributed by atoms with Gasteiger partial charge in [0, 0.05) is 47.8 Å². The first-order valence-corrected chi connectivity index (χ1v) is 21.4. The van der Waals surface area contributed by atoms with Crippen LogP contribution in [0.3, 0.4) is 0 Å². The first-order chi connectivity index (χ1) is 30.2. The monoisotopic (exact) mass is 792 g/mol. The smallest absolute Gasteiger partial charge is 0.164 e. The third-order valence-electron chi connectivity index (χ3n) is 12.3. The van der Waals surface area contributed by atoms with Crippen LogP contribution in [0.25, 0.3) is 131 Å². The van der Waals surface area contributed by atoms with E-state index in [9.17, 15) is 0 Å². The highest BCUT2D eigenvalue weighted by Gasteiger charge is 2.20. The van der Waals surface area contributed by atoms with Crippen LogP contribution in [0.1, 0.15) is 0 Å². The Morgan fingerprint density at radius 3 is 1.64 bits per heavy atom. The molecule has 0 aliphatic heterocycles. The Morgan fingerprint density at radius 2 is 0.852 bits per heavy atom. The van der Waals surface area contributed by atoms with Crippen LogP contribution in [0.15, 0.2) is 194 Å². The van der Waals surface area contributed by atoms with Crippen LogP contribution in [0, 0.1) is 0 Å². The van der Waals surface area contributed by atoms with Gasteiger partial charge in [-0.15, -0.1) is 11.3 Å². The average molecular weight is 793 g/mol. The Hall–Kier alpha value is -7.86. The van der Waals surface area contributed by atoms with Crippen molar-refractivity contribution in [2.45, 2.75) is 0 Å². The van der Waals surface area contributed by atoms with Crippen LogP contribution < -0.4 is 0 Å². The van der Waals surface area contributed by atoms with Gasteiger partial charge in [0.05, 0.1) is 11.2 Å². The summed E-state index contributed by atoms with van der Waals surface area (Å²) >= 11 is 1.85. The van der Waals surface area contributed by atoms with Crippen LogP contribution in [0.4, 0.5) is 0 Å². The van der Waals surface area contributed by atoms with E-state index in [0.29, 0.717) is 17.5 Å². The van der Waals surface area contributed by atoms with Gasteiger partial charge < -0.3 is 0 Å². The molecule has 5 heteroatoms. The number of pyridine rings is 1. The van der Waals surface area contributed by atoms with Gasteiger partial charge in [0.2, 0.25) is 0 Å². The van der Waals surface area contributed by atoms with Crippen molar-refractivity contribution >= 4 is 85.5 Å². The maximum absolute atomic E-state index is 5.38. The van der Waals surface area contributed by atoms with Gasteiger partial charge in [0.15, 0.2) is 17.5 Å². The molecule has 0 aliphatic carbocycles. The zero-order valence-electron chi connectivity index (χ0n) is 32.7. The minimum Gasteiger partial charge on any atom is -0.247 e. The molecule has 4 nitrogen and oxygen atoms in total. The predicted molar refractivity (Wildman–Crippen MR) is 256 cm³/mol. The molecule has 0 fully saturated rings. The highest BCUT2D eigenvalue weighted by molar-refractivity contribution is 7.26. The molecule has 0 unspecified atom stereocenters. The number of nitrogens with zero attached hydrogens (tertiary/aromatic N) is 4. The number of hydrogen-bond donors (Lipinski definition) is 0. The molecule has 13 rings (SSSR count). The number of rotatable bonds is 5. The molecule has 3 heterocycles. The van der Waals surface area contributed by atoms with Gasteiger partial charge in [-0.1, -0.05) is 176 Å². The standard InChI is InChI=1S/C56H32N4S/c1-2-11-37(12-3-1)54-58-55(60-56(59-54)44-30-28-36-24-23-34-13-10-14-35-27-29-42(44)50(36)49(34)35)38-25-21-33(22-26-38)39-31-32-43(41-16-5-4-15-40(39)41)52-51-46-18-7-9-20-48(46)61-53(51)45-17-6-8-19-47(45)57-52/h1-32H. The second kappa shape index (κ2) is 13.3. The average Bonchev–Trinajstić information content (AvgIpc) is 3.73. The quantitative estimate of drug-likeness (QED) is 0.163. The number of thiophene rings is 1. The Bertz CT molecular complexity index is 3860. The van der Waals surface area contributed by atoms with E-state index < -0.39 is 0 Å². The van der Waals surface area contributed by atoms with E-state index in [1.807, 2.05) is 29.5 Å². The summed E-state index contributed by atoms with van der Waals surface area (Å²) in [7, 11) is 0. The maximum Gasteiger partial charge on any atom is 0.164 e. The fourth-order valence-corrected chi connectivity index (χ4v) is 10.7. The van der Waals surface area contributed by atoms with E-state index >= 15 is 0 Å². The van der Waals surface area contributed by atoms with Crippen molar-refractivity contribution in [2.24, 2.45) is 0 Å². The number of aromatic nitrogens is 4. The maximum atomic E-state index is 5.38. The molecule has 0 saturated carbocycles. The lowest BCUT2D eigenvalue weighted by atomic mass is 9.91. The van der Waals surface area contributed by atoms with Gasteiger partial charge in [-0.3, -0.25) is 0 Å². The predicted octanol–water partition coefficient (Wildman–Crippen LogP) is 15.2. The van der Waals surface area contributed by atoms with E-state index in [-0.39, 0.29) is 0 Å². The van der Waals surface area contributed by atoms with E-state index in [1.165, 1.54) is 63.3 Å². The molecule has 0 amide bonds. The molecule has 0 radical (unpaired) electrons. The summed E-state index contributed by atoms with van der Waals surface area (Å²) in [6.07, 6.45) is 0. The second-order valence-electron chi connectivity index (χ2n) is 15.7. The van der Waals surface area contributed by atoms with Crippen molar-refractivity contribution in [1.29, 1.82) is 0 Å². The molecular formula is C56H32N4S. The Morgan fingerprint density at radius 1 is 0.295 bits per heavy atom. The molecule has 0 atom stereocenters. The summed E-state index contributed by atoms with van der Waals surface area (Å²) in [5, 5.41) is 13.3. The van der Waals surface area contributed by atoms with Crippen LogP contribution in [-0.4, -0.2) is 19.9 Å². The summed E-state index contributed by atoms with van der Waals surface area (Å²) < 4.78 is 2.55. The molecule has 3 aromatic heterocycles. The number of fused-ring (bicyclic) bond motifs is 6. The van der Waals surface area contributed by atoms with E-state index in [2.05, 4.69) is 176 Å². The zero-order chi connectivity index (χ0) is 40.0. The van der Waals surface area contributed by atoms with Crippen molar-refractivity contribution in [3.63, 3.8) is 0 Å². The first kappa shape index (κ1) is 34.0. The summed E-state index contributed by atoms with van der Waals surface area (Å²) in [5.74, 6) is 1.93. The topological polar surface area (TPSA) is 51.6 Å². The fraction of sp³-hybridized carbons (Fsp3) is 0. The lowest BCUT2D eigenvalue weighted by Crippen LogP contribution is -2.01. The fourth-order valence-electron chi connectivity index (χ4n) is 9.43. The van der Waals surface area contributed by atoms with Crippen LogP contribution in [0.2, 0.25) is 0 Å². The molecule has 10 aromatic carbocycles. The lowest BCUT2D eigenvalue weighted by molar-refractivity contribution is 1.08. The van der Waals surface area contributed by atoms with Crippen LogP contribution in [0.5, 0.6) is 0 Å². The van der Waals surface area contributed by atoms with Gasteiger partial charge in [-0.25, -0.2) is 19.9 Å². The summed E-state index contributed by atoms with van der Waals surface area (Å²) in [6.45, 7) is 0. The summed E-state index contributed by atoms with van der Waals surface area (Å²) in [6, 6.07) is 69.0. The van der Waals surface area contributed by atoms with Crippen molar-refractivity contribution in [3.8, 4) is 56.5 Å². The van der Waals surface area contributed by atoms with Gasteiger partial charge >= 0.3 is 0 Å². The van der Waals surface area contributed by atoms with Crippen molar-refractivity contribution in [2.75, 3.05) is 0 Å². The number of hydrogen-bond acceptors (Lipinski definition) is 5. The van der Waals surface area contributed by atoms with E-state index in [4.69, 9.17) is 19.9 Å². The van der Waals surface area contributed by atoms with Crippen molar-refractivity contribution in [3.05, 3.63) is 194 Å². The normalized spacial score (nSPS) is 11.9. The highest BCUT2D eigenvalue weighted by atomic mass is 32.1. The third-order valence-corrected chi connectivity index (χ3v) is 13.5. The van der Waals surface area contributed by atoms with E-state index in [0.717, 1.165) is 50.0 Å². The van der Waals surface area contributed by atoms with Crippen molar-refractivity contribution in [1.82, 2.24) is 19.9 Å². The molecule has 0 spiro atoms. The van der Waals surface area contributed by atoms with Crippen LogP contribution >= 0.6 is 11.3 Å². The number of para-hydroxylation sites is 1. The lowest BCUT2D eigenvalue weighted by Gasteiger charge is -2.15. The van der Waals surface area contributed by atoms with Gasteiger partial charge in [-0.05, 0) is 72.4 Å². The van der Waals surface area contributed by atoms with E-state index in [1.54, 1.807) is 0 Å². The zero-order valence-corrected chi connectivity index (χ0v) is 33.5. The Balaban J connectivity index is 0.949. The van der Waals surface area contributed by atoms with Gasteiger partial charge in [-0.2, -0.15) is 0 Å². The SMILES string of the molecule is c1ccc(-c2nc(-c3ccc(-c4ccc(-c5nc6ccccc6c6sc7ccccc7c56)c5ccccc45)cc3)nc(-c3ccc4ccc5cccc6ccc3c4c56)n2)cc1. The van der Waals surface area contributed by atoms with Gasteiger partial charge in [0.25, 0.3) is 0 Å². The Labute approximate surface area is 354 Å². The first-order valence-electron chi connectivity index (χ1n) is 20.5. The minimum atomic E-state index is 0.635. The summed E-state index contributed by atoms with van der Waals surface area (Å²) in [5.41, 5.74) is 8.31. The van der Waals surface area contributed by atoms with Crippen LogP contribution in [-0.2, 0) is 0 Å². The molecule has 0 bridgehead atoms. The molecular weight excluding hydrogens is 761 g/mol. The third kappa shape index (κ3) is 5.31. The van der Waals surface area contributed by atoms with Crippen molar-refractivity contribution < 1.29 is 0 Å². The molecule has 13 aromatic rings.